The summed E-state index contributed by atoms with van der Waals surface area (Å²) in [5.41, 5.74) is -0.655. The molecule has 7 nitrogen and oxygen atoms in total. The molecule has 0 radical (unpaired) electrons. The number of nitrogens with zero attached hydrogens (tertiary/aromatic N) is 1. The number of carbonyl (C=O) groups is 2. The minimum atomic E-state index is -3.43. The standard InChI is InChI=1S/C26H31ClN2O5S/c1-25(2)16-29(14-13-26(25,32)18-7-9-19(27)10-8-18)24(31)21-11-12-22(21)28-23(30)17-5-4-6-20(15-17)35(3,33)34/h4-10,15,21-22,32H,11-14,16H2,1-3H3,(H,28,30)/t21-,22+,26-/m0/s1. The molecule has 1 heterocycles. The number of benzene rings is 2. The summed E-state index contributed by atoms with van der Waals surface area (Å²) in [5, 5.41) is 15.1. The molecule has 4 rings (SSSR count). The Bertz CT molecular complexity index is 1240. The number of amides is 2. The summed E-state index contributed by atoms with van der Waals surface area (Å²) in [6, 6.07) is 12.8. The van der Waals surface area contributed by atoms with Crippen molar-refractivity contribution in [2.24, 2.45) is 11.3 Å². The Morgan fingerprint density at radius 3 is 2.37 bits per heavy atom. The molecule has 0 bridgehead atoms. The molecule has 2 fully saturated rings. The van der Waals surface area contributed by atoms with Crippen LogP contribution < -0.4 is 5.32 Å². The molecule has 1 saturated carbocycles. The SMILES string of the molecule is CC1(C)CN(C(=O)[C@H]2CC[C@H]2NC(=O)c2cccc(S(C)(=O)=O)c2)CC[C@]1(O)c1ccc(Cl)cc1. The van der Waals surface area contributed by atoms with E-state index in [4.69, 9.17) is 11.6 Å². The minimum Gasteiger partial charge on any atom is -0.384 e. The van der Waals surface area contributed by atoms with Gasteiger partial charge in [0.1, 0.15) is 0 Å². The topological polar surface area (TPSA) is 104 Å². The van der Waals surface area contributed by atoms with Crippen LogP contribution in [0.4, 0.5) is 0 Å². The van der Waals surface area contributed by atoms with Gasteiger partial charge in [0.25, 0.3) is 5.91 Å². The van der Waals surface area contributed by atoms with Gasteiger partial charge in [-0.15, -0.1) is 0 Å². The molecule has 2 aromatic carbocycles. The van der Waals surface area contributed by atoms with Gasteiger partial charge in [-0.3, -0.25) is 9.59 Å². The van der Waals surface area contributed by atoms with Gasteiger partial charge in [0.2, 0.25) is 5.91 Å². The van der Waals surface area contributed by atoms with Crippen LogP contribution >= 0.6 is 11.6 Å². The smallest absolute Gasteiger partial charge is 0.251 e. The first-order valence-corrected chi connectivity index (χ1v) is 14.0. The molecule has 1 aliphatic heterocycles. The third-order valence-electron chi connectivity index (χ3n) is 7.52. The fraction of sp³-hybridized carbons (Fsp3) is 0.462. The molecule has 2 N–H and O–H groups in total. The van der Waals surface area contributed by atoms with Gasteiger partial charge in [-0.2, -0.15) is 0 Å². The zero-order valence-electron chi connectivity index (χ0n) is 20.1. The molecule has 2 aromatic rings. The molecule has 9 heteroatoms. The predicted octanol–water partition coefficient (Wildman–Crippen LogP) is 3.40. The second kappa shape index (κ2) is 9.22. The lowest BCUT2D eigenvalue weighted by Crippen LogP contribution is -2.60. The maximum atomic E-state index is 13.4. The Labute approximate surface area is 211 Å². The summed E-state index contributed by atoms with van der Waals surface area (Å²) in [4.78, 5) is 28.0. The number of carbonyl (C=O) groups excluding carboxylic acids is 2. The van der Waals surface area contributed by atoms with Crippen molar-refractivity contribution < 1.29 is 23.1 Å². The van der Waals surface area contributed by atoms with Crippen LogP contribution in [0.5, 0.6) is 0 Å². The lowest BCUT2D eigenvalue weighted by atomic mass is 9.66. The van der Waals surface area contributed by atoms with E-state index in [1.807, 2.05) is 26.0 Å². The summed E-state index contributed by atoms with van der Waals surface area (Å²) in [5.74, 6) is -0.763. The van der Waals surface area contributed by atoms with E-state index in [1.54, 1.807) is 23.1 Å². The molecule has 2 aliphatic rings. The van der Waals surface area contributed by atoms with E-state index in [1.165, 1.54) is 18.2 Å². The second-order valence-electron chi connectivity index (χ2n) is 10.3. The monoisotopic (exact) mass is 518 g/mol. The summed E-state index contributed by atoms with van der Waals surface area (Å²) < 4.78 is 23.6. The van der Waals surface area contributed by atoms with Crippen molar-refractivity contribution in [3.63, 3.8) is 0 Å². The molecule has 2 amide bonds. The van der Waals surface area contributed by atoms with E-state index in [0.717, 1.165) is 11.8 Å². The number of aliphatic hydroxyl groups is 1. The number of piperidine rings is 1. The van der Waals surface area contributed by atoms with Gasteiger partial charge in [-0.25, -0.2) is 8.42 Å². The third kappa shape index (κ3) is 4.97. The predicted molar refractivity (Wildman–Crippen MR) is 134 cm³/mol. The fourth-order valence-electron chi connectivity index (χ4n) is 5.09. The van der Waals surface area contributed by atoms with Crippen LogP contribution in [-0.4, -0.2) is 55.6 Å². The molecule has 0 aromatic heterocycles. The first-order valence-electron chi connectivity index (χ1n) is 11.7. The first kappa shape index (κ1) is 25.7. The van der Waals surface area contributed by atoms with E-state index in [-0.39, 0.29) is 28.3 Å². The van der Waals surface area contributed by atoms with E-state index >= 15 is 0 Å². The van der Waals surface area contributed by atoms with Crippen molar-refractivity contribution in [2.75, 3.05) is 19.3 Å². The van der Waals surface area contributed by atoms with Crippen LogP contribution in [0.2, 0.25) is 5.02 Å². The third-order valence-corrected chi connectivity index (χ3v) is 8.88. The van der Waals surface area contributed by atoms with Gasteiger partial charge in [0.05, 0.1) is 16.4 Å². The van der Waals surface area contributed by atoms with Crippen LogP contribution in [0, 0.1) is 11.3 Å². The van der Waals surface area contributed by atoms with Crippen molar-refractivity contribution in [3.8, 4) is 0 Å². The van der Waals surface area contributed by atoms with E-state index < -0.39 is 26.8 Å². The number of sulfone groups is 1. The Balaban J connectivity index is 1.42. The van der Waals surface area contributed by atoms with Gasteiger partial charge in [-0.05, 0) is 55.2 Å². The van der Waals surface area contributed by atoms with Crippen molar-refractivity contribution in [1.29, 1.82) is 0 Å². The molecule has 0 unspecified atom stereocenters. The molecule has 3 atom stereocenters. The highest BCUT2D eigenvalue weighted by Gasteiger charge is 2.51. The average molecular weight is 519 g/mol. The van der Waals surface area contributed by atoms with Gasteiger partial charge in [0, 0.05) is 41.4 Å². The highest BCUT2D eigenvalue weighted by Crippen LogP contribution is 2.47. The lowest BCUT2D eigenvalue weighted by Gasteiger charge is -2.52. The van der Waals surface area contributed by atoms with Crippen molar-refractivity contribution in [1.82, 2.24) is 10.2 Å². The fourth-order valence-corrected chi connectivity index (χ4v) is 5.89. The number of nitrogens with one attached hydrogen (secondary N) is 1. The Morgan fingerprint density at radius 1 is 1.11 bits per heavy atom. The van der Waals surface area contributed by atoms with Crippen molar-refractivity contribution in [2.45, 2.75) is 49.6 Å². The van der Waals surface area contributed by atoms with Gasteiger partial charge >= 0.3 is 0 Å². The highest BCUT2D eigenvalue weighted by molar-refractivity contribution is 7.90. The minimum absolute atomic E-state index is 0.0299. The van der Waals surface area contributed by atoms with E-state index in [0.29, 0.717) is 37.4 Å². The maximum Gasteiger partial charge on any atom is 0.251 e. The van der Waals surface area contributed by atoms with Gasteiger partial charge < -0.3 is 15.3 Å². The number of hydrogen-bond donors (Lipinski definition) is 2. The number of halogens is 1. The molecular weight excluding hydrogens is 488 g/mol. The molecule has 1 aliphatic carbocycles. The van der Waals surface area contributed by atoms with Crippen LogP contribution in [0.3, 0.4) is 0 Å². The molecule has 0 spiro atoms. The van der Waals surface area contributed by atoms with Gasteiger partial charge in [-0.1, -0.05) is 43.6 Å². The maximum absolute atomic E-state index is 13.4. The van der Waals surface area contributed by atoms with E-state index in [9.17, 15) is 23.1 Å². The lowest BCUT2D eigenvalue weighted by molar-refractivity contribution is -0.159. The van der Waals surface area contributed by atoms with Crippen molar-refractivity contribution >= 4 is 33.3 Å². The van der Waals surface area contributed by atoms with Crippen LogP contribution in [-0.2, 0) is 20.2 Å². The van der Waals surface area contributed by atoms with Crippen LogP contribution in [0.1, 0.15) is 49.0 Å². The van der Waals surface area contributed by atoms with E-state index in [2.05, 4.69) is 5.32 Å². The zero-order chi connectivity index (χ0) is 25.6. The largest absolute Gasteiger partial charge is 0.384 e. The molecular formula is C26H31ClN2O5S. The highest BCUT2D eigenvalue weighted by atomic mass is 35.5. The number of rotatable bonds is 5. The summed E-state index contributed by atoms with van der Waals surface area (Å²) in [6.45, 7) is 4.71. The molecule has 35 heavy (non-hydrogen) atoms. The quantitative estimate of drug-likeness (QED) is 0.631. The first-order chi connectivity index (χ1) is 16.3. The summed E-state index contributed by atoms with van der Waals surface area (Å²) in [7, 11) is -3.43. The van der Waals surface area contributed by atoms with Gasteiger partial charge in [0.15, 0.2) is 9.84 Å². The Kier molecular flexibility index (Phi) is 6.76. The van der Waals surface area contributed by atoms with Crippen LogP contribution in [0.25, 0.3) is 0 Å². The summed E-state index contributed by atoms with van der Waals surface area (Å²) >= 11 is 6.01. The number of hydrogen-bond acceptors (Lipinski definition) is 5. The Hall–Kier alpha value is -2.42. The molecule has 1 saturated heterocycles. The normalized spacial score (nSPS) is 26.0. The zero-order valence-corrected chi connectivity index (χ0v) is 21.7. The summed E-state index contributed by atoms with van der Waals surface area (Å²) in [6.07, 6.45) is 2.85. The second-order valence-corrected chi connectivity index (χ2v) is 12.8. The molecule has 188 valence electrons. The Morgan fingerprint density at radius 2 is 1.80 bits per heavy atom. The van der Waals surface area contributed by atoms with Crippen molar-refractivity contribution in [3.05, 3.63) is 64.7 Å². The number of likely N-dealkylation sites (tertiary alicyclic amines) is 1. The average Bonchev–Trinajstić information content (AvgIpc) is 2.78. The van der Waals surface area contributed by atoms with Crippen LogP contribution in [0.15, 0.2) is 53.4 Å².